The Morgan fingerprint density at radius 3 is 3.06 bits per heavy atom. The number of aromatic nitrogens is 4. The molecule has 0 radical (unpaired) electrons. The summed E-state index contributed by atoms with van der Waals surface area (Å²) in [6.45, 7) is 3.99. The van der Waals surface area contributed by atoms with Gasteiger partial charge < -0.3 is 5.32 Å². The molecule has 0 atom stereocenters. The van der Waals surface area contributed by atoms with Crippen LogP contribution in [0.3, 0.4) is 0 Å². The lowest BCUT2D eigenvalue weighted by Gasteiger charge is -2.19. The highest BCUT2D eigenvalue weighted by Gasteiger charge is 2.17. The predicted octanol–water partition coefficient (Wildman–Crippen LogP) is 1.14. The first-order valence-electron chi connectivity index (χ1n) is 6.24. The molecule has 0 unspecified atom stereocenters. The third-order valence-corrected chi connectivity index (χ3v) is 3.16. The van der Waals surface area contributed by atoms with Gasteiger partial charge in [0.25, 0.3) is 0 Å². The average Bonchev–Trinajstić information content (AvgIpc) is 2.47. The first kappa shape index (κ1) is 11.2. The molecule has 1 N–H and O–H groups in total. The van der Waals surface area contributed by atoms with Crippen molar-refractivity contribution in [3.63, 3.8) is 0 Å². The summed E-state index contributed by atoms with van der Waals surface area (Å²) in [6.07, 6.45) is 5.14. The van der Waals surface area contributed by atoms with Crippen LogP contribution in [0.1, 0.15) is 23.9 Å². The molecule has 5 heteroatoms. The Bertz CT molecular complexity index is 536. The van der Waals surface area contributed by atoms with E-state index in [0.29, 0.717) is 0 Å². The van der Waals surface area contributed by atoms with Crippen LogP contribution < -0.4 is 5.32 Å². The summed E-state index contributed by atoms with van der Waals surface area (Å²) in [5.41, 5.74) is 4.35. The first-order valence-corrected chi connectivity index (χ1v) is 6.24. The number of rotatable bonds is 2. The highest BCUT2D eigenvalue weighted by molar-refractivity contribution is 5.49. The molecule has 0 aromatic carbocycles. The molecule has 18 heavy (non-hydrogen) atoms. The van der Waals surface area contributed by atoms with Gasteiger partial charge >= 0.3 is 0 Å². The second-order valence-corrected chi connectivity index (χ2v) is 4.29. The average molecular weight is 241 g/mol. The molecule has 92 valence electrons. The quantitative estimate of drug-likeness (QED) is 0.854. The number of hydrogen-bond donors (Lipinski definition) is 1. The van der Waals surface area contributed by atoms with Crippen LogP contribution in [0.15, 0.2) is 18.6 Å². The monoisotopic (exact) mass is 241 g/mol. The van der Waals surface area contributed by atoms with Crippen LogP contribution >= 0.6 is 0 Å². The van der Waals surface area contributed by atoms with Crippen molar-refractivity contribution in [2.24, 2.45) is 0 Å². The van der Waals surface area contributed by atoms with Crippen molar-refractivity contribution in [2.45, 2.75) is 26.3 Å². The van der Waals surface area contributed by atoms with Crippen LogP contribution in [0.25, 0.3) is 11.5 Å². The maximum absolute atomic E-state index is 4.65. The van der Waals surface area contributed by atoms with Crippen LogP contribution in [0.4, 0.5) is 0 Å². The fourth-order valence-electron chi connectivity index (χ4n) is 2.24. The highest BCUT2D eigenvalue weighted by Crippen LogP contribution is 2.20. The van der Waals surface area contributed by atoms with Crippen LogP contribution in [0.2, 0.25) is 0 Å². The second kappa shape index (κ2) is 4.78. The lowest BCUT2D eigenvalue weighted by molar-refractivity contribution is 0.618. The summed E-state index contributed by atoms with van der Waals surface area (Å²) < 4.78 is 0. The molecule has 0 saturated heterocycles. The lowest BCUT2D eigenvalue weighted by atomic mass is 10.0. The van der Waals surface area contributed by atoms with E-state index >= 15 is 0 Å². The van der Waals surface area contributed by atoms with Crippen LogP contribution in [0.5, 0.6) is 0 Å². The fraction of sp³-hybridized carbons (Fsp3) is 0.385. The van der Waals surface area contributed by atoms with Gasteiger partial charge in [-0.2, -0.15) is 0 Å². The van der Waals surface area contributed by atoms with E-state index in [0.717, 1.165) is 48.8 Å². The van der Waals surface area contributed by atoms with Gasteiger partial charge in [0, 0.05) is 37.0 Å². The normalized spacial score (nSPS) is 14.3. The smallest absolute Gasteiger partial charge is 0.178 e. The molecule has 2 aromatic heterocycles. The van der Waals surface area contributed by atoms with Gasteiger partial charge in [-0.3, -0.25) is 0 Å². The number of nitrogens with one attached hydrogen (secondary N) is 1. The van der Waals surface area contributed by atoms with E-state index in [9.17, 15) is 0 Å². The molecule has 1 aliphatic rings. The van der Waals surface area contributed by atoms with Crippen molar-refractivity contribution in [3.8, 4) is 11.5 Å². The van der Waals surface area contributed by atoms with Gasteiger partial charge in [-0.05, 0) is 12.5 Å². The fourth-order valence-corrected chi connectivity index (χ4v) is 2.24. The van der Waals surface area contributed by atoms with Crippen LogP contribution in [-0.4, -0.2) is 26.5 Å². The number of hydrogen-bond acceptors (Lipinski definition) is 5. The summed E-state index contributed by atoms with van der Waals surface area (Å²) in [5.74, 6) is 0.718. The Hall–Kier alpha value is -1.88. The summed E-state index contributed by atoms with van der Waals surface area (Å²) in [4.78, 5) is 17.4. The molecular weight excluding hydrogens is 226 g/mol. The van der Waals surface area contributed by atoms with Crippen molar-refractivity contribution in [1.29, 1.82) is 0 Å². The molecule has 2 aromatic rings. The van der Waals surface area contributed by atoms with Crippen molar-refractivity contribution < 1.29 is 0 Å². The molecule has 0 amide bonds. The minimum Gasteiger partial charge on any atom is -0.312 e. The molecule has 5 nitrogen and oxygen atoms in total. The van der Waals surface area contributed by atoms with Gasteiger partial charge in [0.1, 0.15) is 12.0 Å². The first-order chi connectivity index (χ1) is 8.88. The second-order valence-electron chi connectivity index (χ2n) is 4.29. The topological polar surface area (TPSA) is 63.6 Å². The van der Waals surface area contributed by atoms with E-state index in [2.05, 4.69) is 32.2 Å². The lowest BCUT2D eigenvalue weighted by Crippen LogP contribution is -2.26. The Kier molecular flexibility index (Phi) is 2.98. The third-order valence-electron chi connectivity index (χ3n) is 3.16. The standard InChI is InChI=1S/C13H15N5/c1-2-10-9-7-14-5-3-11(9)18-13(17-10)12-4-6-15-8-16-12/h4,6,8,14H,2-3,5,7H2,1H3. The van der Waals surface area contributed by atoms with Gasteiger partial charge in [0.05, 0.1) is 5.69 Å². The summed E-state index contributed by atoms with van der Waals surface area (Å²) >= 11 is 0. The van der Waals surface area contributed by atoms with Crippen molar-refractivity contribution in [1.82, 2.24) is 25.3 Å². The van der Waals surface area contributed by atoms with Gasteiger partial charge in [0.15, 0.2) is 5.82 Å². The largest absolute Gasteiger partial charge is 0.312 e. The molecule has 0 bridgehead atoms. The van der Waals surface area contributed by atoms with Crippen LogP contribution in [-0.2, 0) is 19.4 Å². The summed E-state index contributed by atoms with van der Waals surface area (Å²) in [6, 6.07) is 1.85. The summed E-state index contributed by atoms with van der Waals surface area (Å²) in [7, 11) is 0. The molecule has 3 heterocycles. The number of fused-ring (bicyclic) bond motifs is 1. The molecule has 3 rings (SSSR count). The zero-order valence-corrected chi connectivity index (χ0v) is 10.3. The minimum absolute atomic E-state index is 0.718. The zero-order valence-electron chi connectivity index (χ0n) is 10.3. The Balaban J connectivity index is 2.12. The molecule has 0 fully saturated rings. The number of nitrogens with zero attached hydrogens (tertiary/aromatic N) is 4. The Morgan fingerprint density at radius 1 is 1.33 bits per heavy atom. The van der Waals surface area contributed by atoms with E-state index in [-0.39, 0.29) is 0 Å². The molecule has 0 aliphatic carbocycles. The SMILES string of the molecule is CCc1nc(-c2ccncn2)nc2c1CNCC2. The Labute approximate surface area is 106 Å². The number of aryl methyl sites for hydroxylation is 1. The summed E-state index contributed by atoms with van der Waals surface area (Å²) in [5, 5.41) is 3.37. The van der Waals surface area contributed by atoms with E-state index in [1.807, 2.05) is 6.07 Å². The zero-order chi connectivity index (χ0) is 12.4. The molecule has 1 aliphatic heterocycles. The van der Waals surface area contributed by atoms with E-state index in [1.54, 1.807) is 6.20 Å². The minimum atomic E-state index is 0.718. The maximum Gasteiger partial charge on any atom is 0.178 e. The Morgan fingerprint density at radius 2 is 2.28 bits per heavy atom. The van der Waals surface area contributed by atoms with Gasteiger partial charge in [0.2, 0.25) is 0 Å². The van der Waals surface area contributed by atoms with E-state index < -0.39 is 0 Å². The van der Waals surface area contributed by atoms with E-state index in [4.69, 9.17) is 0 Å². The predicted molar refractivity (Wildman–Crippen MR) is 67.8 cm³/mol. The van der Waals surface area contributed by atoms with Gasteiger partial charge in [-0.25, -0.2) is 19.9 Å². The molecule has 0 saturated carbocycles. The van der Waals surface area contributed by atoms with Crippen LogP contribution in [0, 0.1) is 0 Å². The highest BCUT2D eigenvalue weighted by atomic mass is 15.0. The van der Waals surface area contributed by atoms with E-state index in [1.165, 1.54) is 11.9 Å². The maximum atomic E-state index is 4.65. The van der Waals surface area contributed by atoms with Crippen molar-refractivity contribution in [3.05, 3.63) is 35.5 Å². The third kappa shape index (κ3) is 1.97. The van der Waals surface area contributed by atoms with Crippen molar-refractivity contribution in [2.75, 3.05) is 6.54 Å². The van der Waals surface area contributed by atoms with Gasteiger partial charge in [-0.15, -0.1) is 0 Å². The molecular formula is C13H15N5. The molecule has 0 spiro atoms. The van der Waals surface area contributed by atoms with Gasteiger partial charge in [-0.1, -0.05) is 6.92 Å². The van der Waals surface area contributed by atoms with Crippen molar-refractivity contribution >= 4 is 0 Å².